The van der Waals surface area contributed by atoms with Gasteiger partial charge in [-0.2, -0.15) is 0 Å². The van der Waals surface area contributed by atoms with Crippen LogP contribution < -0.4 is 14.9 Å². The maximum absolute atomic E-state index is 11.7. The minimum Gasteiger partial charge on any atom is -0.351 e. The van der Waals surface area contributed by atoms with Crippen LogP contribution in [-0.2, 0) is 10.0 Å². The number of para-hydroxylation sites is 1. The van der Waals surface area contributed by atoms with Crippen LogP contribution in [-0.4, -0.2) is 29.3 Å². The van der Waals surface area contributed by atoms with Gasteiger partial charge >= 0.3 is 0 Å². The van der Waals surface area contributed by atoms with Gasteiger partial charge in [-0.05, 0) is 99.1 Å². The van der Waals surface area contributed by atoms with Crippen LogP contribution in [0, 0.1) is 27.7 Å². The number of benzene rings is 2. The van der Waals surface area contributed by atoms with Crippen LogP contribution in [0.5, 0.6) is 0 Å². The Morgan fingerprint density at radius 3 is 2.24 bits per heavy atom. The van der Waals surface area contributed by atoms with Crippen LogP contribution in [0.3, 0.4) is 0 Å². The Bertz CT molecular complexity index is 1590. The highest BCUT2D eigenvalue weighted by Gasteiger charge is 2.42. The van der Waals surface area contributed by atoms with Crippen molar-refractivity contribution in [1.29, 1.82) is 0 Å². The van der Waals surface area contributed by atoms with Gasteiger partial charge in [0.05, 0.1) is 29.7 Å². The third-order valence-electron chi connectivity index (χ3n) is 7.00. The number of rotatable bonds is 6. The fourth-order valence-corrected chi connectivity index (χ4v) is 6.35. The second-order valence-corrected chi connectivity index (χ2v) is 12.0. The zero-order chi connectivity index (χ0) is 27.2. The van der Waals surface area contributed by atoms with E-state index >= 15 is 0 Å². The van der Waals surface area contributed by atoms with Gasteiger partial charge in [-0.25, -0.2) is 8.42 Å². The predicted molar refractivity (Wildman–Crippen MR) is 158 cm³/mol. The summed E-state index contributed by atoms with van der Waals surface area (Å²) in [7, 11) is -3.37. The number of nitrogens with zero attached hydrogens (tertiary/aromatic N) is 3. The van der Waals surface area contributed by atoms with Crippen molar-refractivity contribution in [3.05, 3.63) is 107 Å². The van der Waals surface area contributed by atoms with Gasteiger partial charge < -0.3 is 14.8 Å². The second kappa shape index (κ2) is 9.89. The van der Waals surface area contributed by atoms with Gasteiger partial charge in [-0.15, -0.1) is 0 Å². The molecule has 2 aromatic heterocycles. The van der Waals surface area contributed by atoms with E-state index in [1.165, 1.54) is 16.8 Å². The van der Waals surface area contributed by atoms with Crippen molar-refractivity contribution in [3.8, 4) is 5.69 Å². The summed E-state index contributed by atoms with van der Waals surface area (Å²) < 4.78 is 28.3. The van der Waals surface area contributed by atoms with Crippen molar-refractivity contribution in [1.82, 2.24) is 14.9 Å². The molecule has 1 saturated heterocycles. The van der Waals surface area contributed by atoms with Crippen molar-refractivity contribution >= 4 is 38.7 Å². The van der Waals surface area contributed by atoms with Gasteiger partial charge in [0.1, 0.15) is 0 Å². The molecule has 2 atom stereocenters. The highest BCUT2D eigenvalue weighted by molar-refractivity contribution is 7.92. The Kier molecular flexibility index (Phi) is 6.75. The molecule has 0 unspecified atom stereocenters. The standard InChI is InChI=1S/C29H31N5O2S2/c1-18-9-8-10-19(2)27(18)33-20(3)17-24(21(33)4)28-26(25-11-6-7-16-30-25)31-29(37)34(28)23-14-12-22(13-15-23)32-38(5,35)36/h6-17,26,28,32H,1-5H3,(H,31,37)/t26-,28+/m0/s1. The summed E-state index contributed by atoms with van der Waals surface area (Å²) >= 11 is 5.88. The molecular formula is C29H31N5O2S2. The largest absolute Gasteiger partial charge is 0.351 e. The quantitative estimate of drug-likeness (QED) is 0.305. The molecule has 196 valence electrons. The first kappa shape index (κ1) is 25.9. The topological polar surface area (TPSA) is 79.3 Å². The lowest BCUT2D eigenvalue weighted by molar-refractivity contribution is 0.565. The maximum Gasteiger partial charge on any atom is 0.229 e. The highest BCUT2D eigenvalue weighted by Crippen LogP contribution is 2.44. The monoisotopic (exact) mass is 545 g/mol. The number of sulfonamides is 1. The number of aromatic nitrogens is 2. The first-order valence-corrected chi connectivity index (χ1v) is 14.7. The fraction of sp³-hybridized carbons (Fsp3) is 0.241. The molecule has 38 heavy (non-hydrogen) atoms. The Labute approximate surface area is 229 Å². The van der Waals surface area contributed by atoms with Crippen LogP contribution >= 0.6 is 12.2 Å². The van der Waals surface area contributed by atoms with Crippen molar-refractivity contribution < 1.29 is 8.42 Å². The average molecular weight is 546 g/mol. The number of hydrogen-bond donors (Lipinski definition) is 2. The summed E-state index contributed by atoms with van der Waals surface area (Å²) in [6.07, 6.45) is 2.94. The molecule has 9 heteroatoms. The van der Waals surface area contributed by atoms with E-state index in [4.69, 9.17) is 12.2 Å². The van der Waals surface area contributed by atoms with Crippen LogP contribution in [0.15, 0.2) is 72.9 Å². The van der Waals surface area contributed by atoms with Crippen LogP contribution in [0.1, 0.15) is 45.9 Å². The Morgan fingerprint density at radius 1 is 0.947 bits per heavy atom. The molecule has 0 saturated carbocycles. The molecular weight excluding hydrogens is 514 g/mol. The number of hydrogen-bond acceptors (Lipinski definition) is 4. The van der Waals surface area contributed by atoms with Crippen molar-refractivity contribution in [3.63, 3.8) is 0 Å². The summed E-state index contributed by atoms with van der Waals surface area (Å²) in [6.45, 7) is 8.57. The van der Waals surface area contributed by atoms with Gasteiger partial charge in [0.2, 0.25) is 10.0 Å². The molecule has 7 nitrogen and oxygen atoms in total. The molecule has 0 radical (unpaired) electrons. The molecule has 2 N–H and O–H groups in total. The lowest BCUT2D eigenvalue weighted by atomic mass is 9.96. The summed E-state index contributed by atoms with van der Waals surface area (Å²) in [5.41, 5.74) is 9.30. The number of aryl methyl sites for hydroxylation is 3. The predicted octanol–water partition coefficient (Wildman–Crippen LogP) is 5.65. The van der Waals surface area contributed by atoms with Crippen molar-refractivity contribution in [2.45, 2.75) is 39.8 Å². The molecule has 1 fully saturated rings. The SMILES string of the molecule is Cc1cccc(C)c1-n1c(C)cc([C@@H]2[C@H](c3ccccn3)NC(=S)N2c2ccc(NS(C)(=O)=O)cc2)c1C. The van der Waals surface area contributed by atoms with Crippen molar-refractivity contribution in [2.24, 2.45) is 0 Å². The van der Waals surface area contributed by atoms with Gasteiger partial charge in [-0.3, -0.25) is 9.71 Å². The van der Waals surface area contributed by atoms with Gasteiger partial charge in [-0.1, -0.05) is 24.3 Å². The Hall–Kier alpha value is -3.69. The number of nitrogens with one attached hydrogen (secondary N) is 2. The minimum atomic E-state index is -3.37. The third kappa shape index (κ3) is 4.79. The van der Waals surface area contributed by atoms with Crippen LogP contribution in [0.2, 0.25) is 0 Å². The van der Waals surface area contributed by atoms with Gasteiger partial charge in [0.25, 0.3) is 0 Å². The Balaban J connectivity index is 1.65. The summed E-state index contributed by atoms with van der Waals surface area (Å²) in [6, 6.07) is 21.5. The number of pyridine rings is 1. The first-order valence-electron chi connectivity index (χ1n) is 12.4. The molecule has 5 rings (SSSR count). The summed E-state index contributed by atoms with van der Waals surface area (Å²) in [4.78, 5) is 6.77. The smallest absolute Gasteiger partial charge is 0.229 e. The molecule has 0 spiro atoms. The fourth-order valence-electron chi connectivity index (χ4n) is 5.44. The zero-order valence-electron chi connectivity index (χ0n) is 22.1. The lowest BCUT2D eigenvalue weighted by Crippen LogP contribution is -2.29. The first-order chi connectivity index (χ1) is 18.0. The van der Waals surface area contributed by atoms with E-state index < -0.39 is 10.0 Å². The van der Waals surface area contributed by atoms with Crippen LogP contribution in [0.4, 0.5) is 11.4 Å². The van der Waals surface area contributed by atoms with E-state index in [0.717, 1.165) is 34.6 Å². The third-order valence-corrected chi connectivity index (χ3v) is 7.92. The van der Waals surface area contributed by atoms with E-state index in [9.17, 15) is 8.42 Å². The van der Waals surface area contributed by atoms with Gasteiger partial charge in [0.15, 0.2) is 5.11 Å². The highest BCUT2D eigenvalue weighted by atomic mass is 32.2. The molecule has 0 aliphatic carbocycles. The maximum atomic E-state index is 11.7. The second-order valence-electron chi connectivity index (χ2n) is 9.82. The Morgan fingerprint density at radius 2 is 1.63 bits per heavy atom. The van der Waals surface area contributed by atoms with Crippen LogP contribution in [0.25, 0.3) is 5.69 Å². The van der Waals surface area contributed by atoms with E-state index in [-0.39, 0.29) is 12.1 Å². The zero-order valence-corrected chi connectivity index (χ0v) is 23.7. The van der Waals surface area contributed by atoms with E-state index in [1.54, 1.807) is 18.3 Å². The molecule has 1 aliphatic heterocycles. The molecule has 2 aromatic carbocycles. The van der Waals surface area contributed by atoms with E-state index in [2.05, 4.69) is 76.5 Å². The molecule has 0 amide bonds. The normalized spacial score (nSPS) is 17.5. The lowest BCUT2D eigenvalue weighted by Gasteiger charge is -2.28. The van der Waals surface area contributed by atoms with E-state index in [0.29, 0.717) is 10.8 Å². The molecule has 4 aromatic rings. The molecule has 1 aliphatic rings. The van der Waals surface area contributed by atoms with E-state index in [1.807, 2.05) is 30.3 Å². The summed E-state index contributed by atoms with van der Waals surface area (Å²) in [5, 5.41) is 4.10. The number of anilines is 2. The van der Waals surface area contributed by atoms with Crippen molar-refractivity contribution in [2.75, 3.05) is 15.9 Å². The van der Waals surface area contributed by atoms with Gasteiger partial charge in [0, 0.05) is 29.0 Å². The molecule has 0 bridgehead atoms. The average Bonchev–Trinajstić information content (AvgIpc) is 3.35. The minimum absolute atomic E-state index is 0.171. The number of thiocarbonyl (C=S) groups is 1. The summed E-state index contributed by atoms with van der Waals surface area (Å²) in [5.74, 6) is 0. The molecule has 3 heterocycles.